The molecule has 0 fully saturated rings. The molecule has 0 saturated carbocycles. The molecule has 0 N–H and O–H groups in total. The van der Waals surface area contributed by atoms with Gasteiger partial charge in [-0.1, -0.05) is 151 Å². The van der Waals surface area contributed by atoms with Crippen molar-refractivity contribution < 1.29 is 4.42 Å². The van der Waals surface area contributed by atoms with E-state index in [9.17, 15) is 0 Å². The lowest BCUT2D eigenvalue weighted by atomic mass is 9.92. The second-order valence-corrected chi connectivity index (χ2v) is 18.4. The van der Waals surface area contributed by atoms with Gasteiger partial charge in [-0.3, -0.25) is 0 Å². The molecule has 9 aromatic carbocycles. The van der Waals surface area contributed by atoms with Crippen LogP contribution >= 0.6 is 0 Å². The van der Waals surface area contributed by atoms with E-state index in [1.165, 1.54) is 66.4 Å². The van der Waals surface area contributed by atoms with Gasteiger partial charge >= 0.3 is 0 Å². The van der Waals surface area contributed by atoms with Crippen LogP contribution in [0.5, 0.6) is 0 Å². The highest BCUT2D eigenvalue weighted by Gasteiger charge is 2.23. The molecule has 0 saturated heterocycles. The number of benzene rings is 9. The smallest absolute Gasteiger partial charge is 0.166 e. The standard InChI is InChI=1S/C63H48N4O/c1-37-29-39(3)59(40(4)30-37)47-21-25-49-50-26-22-48(60-41(5)31-38(2)32-42(60)6)36-56(50)67(55(49)35-47)54-27-23-45(46-24-28-58-52(33-46)51-19-13-14-20-57(51)68-58)34-53(54)63-65-61(43-15-9-7-10-16-43)64-62(66-63)44-17-11-8-12-18-44/h7-36H,1-6H3. The second-order valence-electron chi connectivity index (χ2n) is 18.4. The molecule has 0 atom stereocenters. The Hall–Kier alpha value is -8.41. The van der Waals surface area contributed by atoms with Crippen LogP contribution in [0.4, 0.5) is 0 Å². The van der Waals surface area contributed by atoms with E-state index in [4.69, 9.17) is 19.4 Å². The summed E-state index contributed by atoms with van der Waals surface area (Å²) in [4.78, 5) is 15.9. The van der Waals surface area contributed by atoms with Crippen LogP contribution in [0.15, 0.2) is 186 Å². The average molecular weight is 877 g/mol. The number of hydrogen-bond donors (Lipinski definition) is 0. The number of aromatic nitrogens is 4. The molecule has 0 bridgehead atoms. The molecule has 0 radical (unpaired) electrons. The molecule has 0 aliphatic carbocycles. The van der Waals surface area contributed by atoms with Gasteiger partial charge in [0.2, 0.25) is 0 Å². The number of fused-ring (bicyclic) bond motifs is 6. The predicted octanol–water partition coefficient (Wildman–Crippen LogP) is 16.7. The Morgan fingerprint density at radius 3 is 1.35 bits per heavy atom. The molecule has 3 heterocycles. The van der Waals surface area contributed by atoms with E-state index < -0.39 is 0 Å². The minimum absolute atomic E-state index is 0.585. The minimum Gasteiger partial charge on any atom is -0.456 e. The van der Waals surface area contributed by atoms with Crippen molar-refractivity contribution in [3.8, 4) is 73.2 Å². The van der Waals surface area contributed by atoms with Crippen molar-refractivity contribution in [2.45, 2.75) is 41.5 Å². The highest BCUT2D eigenvalue weighted by molar-refractivity contribution is 6.12. The van der Waals surface area contributed by atoms with Crippen LogP contribution in [0, 0.1) is 41.5 Å². The number of hydrogen-bond acceptors (Lipinski definition) is 4. The van der Waals surface area contributed by atoms with E-state index in [1.54, 1.807) is 0 Å². The summed E-state index contributed by atoms with van der Waals surface area (Å²) in [5.41, 5.74) is 22.2. The lowest BCUT2D eigenvalue weighted by molar-refractivity contribution is 0.669. The van der Waals surface area contributed by atoms with E-state index in [0.29, 0.717) is 17.5 Å². The lowest BCUT2D eigenvalue weighted by Crippen LogP contribution is -2.04. The lowest BCUT2D eigenvalue weighted by Gasteiger charge is -2.18. The van der Waals surface area contributed by atoms with Crippen molar-refractivity contribution in [2.24, 2.45) is 0 Å². The zero-order valence-electron chi connectivity index (χ0n) is 39.0. The molecule has 68 heavy (non-hydrogen) atoms. The first-order chi connectivity index (χ1) is 33.1. The Bertz CT molecular complexity index is 3750. The summed E-state index contributed by atoms with van der Waals surface area (Å²) in [5.74, 6) is 1.81. The third-order valence-corrected chi connectivity index (χ3v) is 13.6. The number of para-hydroxylation sites is 1. The van der Waals surface area contributed by atoms with Gasteiger partial charge in [0.1, 0.15) is 11.2 Å². The summed E-state index contributed by atoms with van der Waals surface area (Å²) in [7, 11) is 0. The van der Waals surface area contributed by atoms with Crippen LogP contribution in [0.25, 0.3) is 117 Å². The number of nitrogens with zero attached hydrogens (tertiary/aromatic N) is 4. The molecule has 0 aliphatic rings. The van der Waals surface area contributed by atoms with E-state index in [1.807, 2.05) is 48.5 Å². The summed E-state index contributed by atoms with van der Waals surface area (Å²) in [5, 5.41) is 4.52. The Morgan fingerprint density at radius 1 is 0.338 bits per heavy atom. The van der Waals surface area contributed by atoms with Crippen molar-refractivity contribution in [1.29, 1.82) is 0 Å². The number of furan rings is 1. The van der Waals surface area contributed by atoms with Crippen LogP contribution in [0.3, 0.4) is 0 Å². The van der Waals surface area contributed by atoms with Gasteiger partial charge in [-0.15, -0.1) is 0 Å². The molecule has 0 aliphatic heterocycles. The fraction of sp³-hybridized carbons (Fsp3) is 0.0952. The van der Waals surface area contributed by atoms with Gasteiger partial charge in [0, 0.05) is 38.2 Å². The summed E-state index contributed by atoms with van der Waals surface area (Å²) in [6.45, 7) is 13.3. The largest absolute Gasteiger partial charge is 0.456 e. The van der Waals surface area contributed by atoms with Crippen LogP contribution in [0.1, 0.15) is 33.4 Å². The van der Waals surface area contributed by atoms with E-state index >= 15 is 0 Å². The molecule has 0 unspecified atom stereocenters. The fourth-order valence-corrected chi connectivity index (χ4v) is 10.8. The highest BCUT2D eigenvalue weighted by atomic mass is 16.3. The maximum atomic E-state index is 6.29. The summed E-state index contributed by atoms with van der Waals surface area (Å²) in [6, 6.07) is 65.1. The highest BCUT2D eigenvalue weighted by Crippen LogP contribution is 2.43. The Balaban J connectivity index is 1.19. The third kappa shape index (κ3) is 6.98. The quantitative estimate of drug-likeness (QED) is 0.160. The Morgan fingerprint density at radius 2 is 0.794 bits per heavy atom. The molecule has 3 aromatic heterocycles. The molecule has 12 aromatic rings. The normalized spacial score (nSPS) is 11.7. The molecule has 5 nitrogen and oxygen atoms in total. The van der Waals surface area contributed by atoms with Gasteiger partial charge in [0.05, 0.1) is 16.7 Å². The summed E-state index contributed by atoms with van der Waals surface area (Å²) in [6.07, 6.45) is 0. The van der Waals surface area contributed by atoms with E-state index in [2.05, 4.69) is 180 Å². The van der Waals surface area contributed by atoms with Gasteiger partial charge in [-0.05, 0) is 140 Å². The van der Waals surface area contributed by atoms with Crippen LogP contribution < -0.4 is 0 Å². The molecule has 0 spiro atoms. The van der Waals surface area contributed by atoms with Gasteiger partial charge in [0.25, 0.3) is 0 Å². The van der Waals surface area contributed by atoms with Gasteiger partial charge in [0.15, 0.2) is 17.5 Å². The van der Waals surface area contributed by atoms with E-state index in [-0.39, 0.29) is 0 Å². The van der Waals surface area contributed by atoms with E-state index in [0.717, 1.165) is 66.5 Å². The van der Waals surface area contributed by atoms with Gasteiger partial charge in [-0.2, -0.15) is 0 Å². The number of aryl methyl sites for hydroxylation is 6. The van der Waals surface area contributed by atoms with Crippen molar-refractivity contribution in [1.82, 2.24) is 19.5 Å². The zero-order chi connectivity index (χ0) is 46.2. The first-order valence-corrected chi connectivity index (χ1v) is 23.3. The average Bonchev–Trinajstić information content (AvgIpc) is 3.88. The van der Waals surface area contributed by atoms with Crippen molar-refractivity contribution in [3.63, 3.8) is 0 Å². The topological polar surface area (TPSA) is 56.7 Å². The SMILES string of the molecule is Cc1cc(C)c(-c2ccc3c4ccc(-c5c(C)cc(C)cc5C)cc4n(-c4ccc(-c5ccc6oc7ccccc7c6c5)cc4-c4nc(-c5ccccc5)nc(-c5ccccc5)n4)c3c2)c(C)c1. The van der Waals surface area contributed by atoms with Crippen molar-refractivity contribution >= 4 is 43.7 Å². The monoisotopic (exact) mass is 876 g/mol. The fourth-order valence-electron chi connectivity index (χ4n) is 10.8. The molecule has 0 amide bonds. The van der Waals surface area contributed by atoms with Crippen molar-refractivity contribution in [3.05, 3.63) is 215 Å². The number of rotatable bonds is 7. The first kappa shape index (κ1) is 41.1. The third-order valence-electron chi connectivity index (χ3n) is 13.6. The maximum absolute atomic E-state index is 6.29. The molecule has 12 rings (SSSR count). The van der Waals surface area contributed by atoms with Crippen molar-refractivity contribution in [2.75, 3.05) is 0 Å². The van der Waals surface area contributed by atoms with Crippen LogP contribution in [-0.4, -0.2) is 19.5 Å². The minimum atomic E-state index is 0.585. The first-order valence-electron chi connectivity index (χ1n) is 23.3. The zero-order valence-corrected chi connectivity index (χ0v) is 39.0. The maximum Gasteiger partial charge on any atom is 0.166 e. The summed E-state index contributed by atoms with van der Waals surface area (Å²) >= 11 is 0. The predicted molar refractivity (Wildman–Crippen MR) is 282 cm³/mol. The van der Waals surface area contributed by atoms with Gasteiger partial charge < -0.3 is 8.98 Å². The molecule has 326 valence electrons. The summed E-state index contributed by atoms with van der Waals surface area (Å²) < 4.78 is 8.74. The molecule has 5 heteroatoms. The molecular weight excluding hydrogens is 829 g/mol. The Kier molecular flexibility index (Phi) is 9.77. The second kappa shape index (κ2) is 16.2. The van der Waals surface area contributed by atoms with Gasteiger partial charge in [-0.25, -0.2) is 15.0 Å². The van der Waals surface area contributed by atoms with Crippen LogP contribution in [0.2, 0.25) is 0 Å². The van der Waals surface area contributed by atoms with Crippen LogP contribution in [-0.2, 0) is 0 Å². The molecular formula is C63H48N4O. The Labute approximate surface area is 396 Å².